The molecule has 2 amide bonds. The molecule has 1 saturated heterocycles. The van der Waals surface area contributed by atoms with Crippen molar-refractivity contribution in [3.05, 3.63) is 35.4 Å². The normalized spacial score (nSPS) is 20.3. The van der Waals surface area contributed by atoms with Gasteiger partial charge in [-0.3, -0.25) is 9.59 Å². The third-order valence-corrected chi connectivity index (χ3v) is 5.14. The van der Waals surface area contributed by atoms with E-state index in [1.807, 2.05) is 26.0 Å². The topological polar surface area (TPSA) is 61.4 Å². The Kier molecular flexibility index (Phi) is 7.47. The number of carbonyl (C=O) groups is 2. The van der Waals surface area contributed by atoms with Crippen LogP contribution in [0, 0.1) is 5.92 Å². The fraction of sp³-hybridized carbons (Fsp3) is 0.600. The molecular weight excluding hydrogens is 350 g/mol. The van der Waals surface area contributed by atoms with Crippen molar-refractivity contribution in [2.75, 3.05) is 13.1 Å². The highest BCUT2D eigenvalue weighted by molar-refractivity contribution is 5.88. The standard InChI is InChI=1S/C20H29N3O2.ClH/c1-14(2)11-19(24)23-13-16-6-4-3-5-15(16)12-18(23)20(25)22-17-7-9-21-10-8-17;/h3-6,14,17-18,21H,7-13H2,1-2H3,(H,22,25);1H. The maximum absolute atomic E-state index is 13.0. The predicted molar refractivity (Wildman–Crippen MR) is 105 cm³/mol. The van der Waals surface area contributed by atoms with Gasteiger partial charge in [0.2, 0.25) is 11.8 Å². The first-order chi connectivity index (χ1) is 12.0. The van der Waals surface area contributed by atoms with Gasteiger partial charge in [0.25, 0.3) is 0 Å². The lowest BCUT2D eigenvalue weighted by molar-refractivity contribution is -0.142. The molecule has 2 aliphatic heterocycles. The van der Waals surface area contributed by atoms with E-state index in [9.17, 15) is 9.59 Å². The second-order valence-corrected chi connectivity index (χ2v) is 7.64. The van der Waals surface area contributed by atoms with Crippen LogP contribution < -0.4 is 10.6 Å². The molecule has 144 valence electrons. The first kappa shape index (κ1) is 20.7. The lowest BCUT2D eigenvalue weighted by atomic mass is 9.92. The minimum Gasteiger partial charge on any atom is -0.351 e. The fourth-order valence-corrected chi connectivity index (χ4v) is 3.75. The number of amides is 2. The molecule has 0 bridgehead atoms. The number of nitrogens with zero attached hydrogens (tertiary/aromatic N) is 1. The zero-order valence-corrected chi connectivity index (χ0v) is 16.5. The van der Waals surface area contributed by atoms with Crippen LogP contribution in [0.1, 0.15) is 44.2 Å². The van der Waals surface area contributed by atoms with Gasteiger partial charge in [-0.25, -0.2) is 0 Å². The Bertz CT molecular complexity index is 629. The van der Waals surface area contributed by atoms with Gasteiger partial charge in [0.1, 0.15) is 6.04 Å². The highest BCUT2D eigenvalue weighted by atomic mass is 35.5. The second kappa shape index (κ2) is 9.38. The summed E-state index contributed by atoms with van der Waals surface area (Å²) in [6, 6.07) is 7.96. The van der Waals surface area contributed by atoms with E-state index in [2.05, 4.69) is 22.8 Å². The highest BCUT2D eigenvalue weighted by Gasteiger charge is 2.35. The van der Waals surface area contributed by atoms with Crippen molar-refractivity contribution in [2.24, 2.45) is 5.92 Å². The molecule has 0 aromatic heterocycles. The number of hydrogen-bond donors (Lipinski definition) is 2. The molecule has 0 spiro atoms. The smallest absolute Gasteiger partial charge is 0.243 e. The second-order valence-electron chi connectivity index (χ2n) is 7.64. The van der Waals surface area contributed by atoms with Gasteiger partial charge >= 0.3 is 0 Å². The first-order valence-electron chi connectivity index (χ1n) is 9.42. The zero-order valence-electron chi connectivity index (χ0n) is 15.7. The average Bonchev–Trinajstić information content (AvgIpc) is 2.61. The van der Waals surface area contributed by atoms with E-state index in [1.165, 1.54) is 5.56 Å². The lowest BCUT2D eigenvalue weighted by Gasteiger charge is -2.37. The Balaban J connectivity index is 0.00000243. The van der Waals surface area contributed by atoms with Crippen LogP contribution in [-0.4, -0.2) is 41.9 Å². The van der Waals surface area contributed by atoms with E-state index in [0.717, 1.165) is 31.5 Å². The number of benzene rings is 1. The summed E-state index contributed by atoms with van der Waals surface area (Å²) >= 11 is 0. The molecule has 2 aliphatic rings. The van der Waals surface area contributed by atoms with Crippen molar-refractivity contribution < 1.29 is 9.59 Å². The number of halogens is 1. The van der Waals surface area contributed by atoms with Crippen LogP contribution >= 0.6 is 12.4 Å². The van der Waals surface area contributed by atoms with Gasteiger partial charge in [0.05, 0.1) is 0 Å². The van der Waals surface area contributed by atoms with Crippen molar-refractivity contribution in [1.29, 1.82) is 0 Å². The average molecular weight is 380 g/mol. The molecule has 1 aromatic rings. The Morgan fingerprint density at radius 1 is 1.19 bits per heavy atom. The predicted octanol–water partition coefficient (Wildman–Crippen LogP) is 2.28. The number of fused-ring (bicyclic) bond motifs is 1. The number of hydrogen-bond acceptors (Lipinski definition) is 3. The largest absolute Gasteiger partial charge is 0.351 e. The Hall–Kier alpha value is -1.59. The van der Waals surface area contributed by atoms with E-state index in [1.54, 1.807) is 4.90 Å². The summed E-state index contributed by atoms with van der Waals surface area (Å²) in [7, 11) is 0. The van der Waals surface area contributed by atoms with Crippen molar-refractivity contribution in [2.45, 2.75) is 58.2 Å². The number of carbonyl (C=O) groups excluding carboxylic acids is 2. The molecule has 1 aromatic carbocycles. The van der Waals surface area contributed by atoms with Crippen molar-refractivity contribution >= 4 is 24.2 Å². The van der Waals surface area contributed by atoms with Crippen LogP contribution in [-0.2, 0) is 22.6 Å². The van der Waals surface area contributed by atoms with Crippen molar-refractivity contribution in [1.82, 2.24) is 15.5 Å². The Labute approximate surface area is 162 Å². The van der Waals surface area contributed by atoms with Crippen LogP contribution in [0.25, 0.3) is 0 Å². The summed E-state index contributed by atoms with van der Waals surface area (Å²) < 4.78 is 0. The minimum absolute atomic E-state index is 0. The molecule has 0 saturated carbocycles. The molecule has 0 aliphatic carbocycles. The van der Waals surface area contributed by atoms with Crippen LogP contribution in [0.4, 0.5) is 0 Å². The molecule has 6 heteroatoms. The number of rotatable bonds is 4. The molecule has 0 radical (unpaired) electrons. The number of piperidine rings is 1. The summed E-state index contributed by atoms with van der Waals surface area (Å²) in [5.74, 6) is 0.367. The summed E-state index contributed by atoms with van der Waals surface area (Å²) in [6.45, 7) is 6.49. The monoisotopic (exact) mass is 379 g/mol. The minimum atomic E-state index is -0.393. The van der Waals surface area contributed by atoms with E-state index in [0.29, 0.717) is 19.4 Å². The highest BCUT2D eigenvalue weighted by Crippen LogP contribution is 2.25. The zero-order chi connectivity index (χ0) is 17.8. The molecule has 1 fully saturated rings. The van der Waals surface area contributed by atoms with Crippen LogP contribution in [0.3, 0.4) is 0 Å². The van der Waals surface area contributed by atoms with Crippen molar-refractivity contribution in [3.8, 4) is 0 Å². The van der Waals surface area contributed by atoms with E-state index in [-0.39, 0.29) is 36.2 Å². The van der Waals surface area contributed by atoms with Crippen molar-refractivity contribution in [3.63, 3.8) is 0 Å². The molecule has 3 rings (SSSR count). The lowest BCUT2D eigenvalue weighted by Crippen LogP contribution is -2.55. The van der Waals surface area contributed by atoms with E-state index in [4.69, 9.17) is 0 Å². The van der Waals surface area contributed by atoms with Gasteiger partial charge in [0.15, 0.2) is 0 Å². The SMILES string of the molecule is CC(C)CC(=O)N1Cc2ccccc2CC1C(=O)NC1CCNCC1.Cl. The number of nitrogens with one attached hydrogen (secondary N) is 2. The van der Waals surface area contributed by atoms with Crippen LogP contribution in [0.15, 0.2) is 24.3 Å². The van der Waals surface area contributed by atoms with E-state index >= 15 is 0 Å². The molecule has 5 nitrogen and oxygen atoms in total. The van der Waals surface area contributed by atoms with Gasteiger partial charge in [-0.2, -0.15) is 0 Å². The third kappa shape index (κ3) is 4.98. The van der Waals surface area contributed by atoms with Gasteiger partial charge in [-0.15, -0.1) is 12.4 Å². The molecule has 1 unspecified atom stereocenters. The van der Waals surface area contributed by atoms with Gasteiger partial charge in [-0.1, -0.05) is 38.1 Å². The molecule has 2 heterocycles. The molecule has 26 heavy (non-hydrogen) atoms. The summed E-state index contributed by atoms with van der Waals surface area (Å²) in [5.41, 5.74) is 2.34. The maximum Gasteiger partial charge on any atom is 0.243 e. The van der Waals surface area contributed by atoms with Gasteiger partial charge in [-0.05, 0) is 43.0 Å². The summed E-state index contributed by atoms with van der Waals surface area (Å²) in [6.07, 6.45) is 3.00. The summed E-state index contributed by atoms with van der Waals surface area (Å²) in [5, 5.41) is 6.50. The first-order valence-corrected chi connectivity index (χ1v) is 9.42. The molecular formula is C20H30ClN3O2. The Morgan fingerprint density at radius 3 is 2.50 bits per heavy atom. The quantitative estimate of drug-likeness (QED) is 0.843. The van der Waals surface area contributed by atoms with E-state index < -0.39 is 6.04 Å². The van der Waals surface area contributed by atoms with Crippen LogP contribution in [0.2, 0.25) is 0 Å². The van der Waals surface area contributed by atoms with Crippen LogP contribution in [0.5, 0.6) is 0 Å². The maximum atomic E-state index is 13.0. The van der Waals surface area contributed by atoms with Gasteiger partial charge < -0.3 is 15.5 Å². The summed E-state index contributed by atoms with van der Waals surface area (Å²) in [4.78, 5) is 27.5. The molecule has 2 N–H and O–H groups in total. The third-order valence-electron chi connectivity index (χ3n) is 5.14. The molecule has 1 atom stereocenters. The van der Waals surface area contributed by atoms with Gasteiger partial charge in [0, 0.05) is 25.4 Å². The fourth-order valence-electron chi connectivity index (χ4n) is 3.75. The Morgan fingerprint density at radius 2 is 1.85 bits per heavy atom.